The van der Waals surface area contributed by atoms with E-state index in [1.165, 1.54) is 5.56 Å². The van der Waals surface area contributed by atoms with Crippen LogP contribution in [0, 0.1) is 0 Å². The molecule has 0 aliphatic heterocycles. The van der Waals surface area contributed by atoms with Crippen molar-refractivity contribution < 1.29 is 14.8 Å². The highest BCUT2D eigenvalue weighted by Crippen LogP contribution is 2.34. The van der Waals surface area contributed by atoms with Gasteiger partial charge in [0, 0.05) is 5.56 Å². The first kappa shape index (κ1) is 12.7. The minimum absolute atomic E-state index is 0.0376. The van der Waals surface area contributed by atoms with Gasteiger partial charge >= 0.3 is 0 Å². The molecule has 3 heteroatoms. The second kappa shape index (κ2) is 4.48. The molecule has 18 heavy (non-hydrogen) atoms. The summed E-state index contributed by atoms with van der Waals surface area (Å²) in [5.74, 6) is 0.254. The maximum atomic E-state index is 10.0. The summed E-state index contributed by atoms with van der Waals surface area (Å²) in [7, 11) is 0. The number of aromatic nitrogens is 1. The molecule has 0 aliphatic carbocycles. The lowest BCUT2D eigenvalue weighted by atomic mass is 9.98. The highest BCUT2D eigenvalue weighted by Gasteiger charge is 2.23. The zero-order valence-electron chi connectivity index (χ0n) is 11.3. The number of benzene rings is 1. The molecule has 0 unspecified atom stereocenters. The number of fused-ring (bicyclic) bond motifs is 1. The van der Waals surface area contributed by atoms with Crippen LogP contribution in [0.3, 0.4) is 0 Å². The minimum atomic E-state index is -0.0721. The van der Waals surface area contributed by atoms with Crippen LogP contribution in [-0.2, 0) is 0 Å². The van der Waals surface area contributed by atoms with E-state index in [-0.39, 0.29) is 17.5 Å². The molecule has 96 valence electrons. The quantitative estimate of drug-likeness (QED) is 0.799. The van der Waals surface area contributed by atoms with Gasteiger partial charge in [-0.05, 0) is 25.8 Å². The van der Waals surface area contributed by atoms with Crippen molar-refractivity contribution in [2.45, 2.75) is 39.7 Å². The standard InChI is InChI=1S/C15H19NO2/c1-9(2)11-6-5-7-12-14(11)16(10(3)4)8-13(17)15(12)18/h5-10,17H,1-4H3/p+1. The zero-order valence-corrected chi connectivity index (χ0v) is 11.3. The smallest absolute Gasteiger partial charge is 0.223 e. The Morgan fingerprint density at radius 2 is 1.72 bits per heavy atom. The second-order valence-corrected chi connectivity index (χ2v) is 5.26. The van der Waals surface area contributed by atoms with Crippen LogP contribution in [0.25, 0.3) is 10.9 Å². The molecule has 1 heterocycles. The minimum Gasteiger partial charge on any atom is -0.504 e. The Balaban J connectivity index is 2.95. The molecule has 0 radical (unpaired) electrons. The first-order valence-corrected chi connectivity index (χ1v) is 6.32. The Labute approximate surface area is 107 Å². The zero-order chi connectivity index (χ0) is 13.4. The first-order valence-electron chi connectivity index (χ1n) is 6.32. The molecule has 0 saturated carbocycles. The van der Waals surface area contributed by atoms with Gasteiger partial charge in [0.2, 0.25) is 17.5 Å². The number of hydrogen-bond acceptors (Lipinski definition) is 2. The number of rotatable bonds is 2. The lowest BCUT2D eigenvalue weighted by molar-refractivity contribution is -0.692. The van der Waals surface area contributed by atoms with Gasteiger partial charge in [0.05, 0.1) is 5.39 Å². The summed E-state index contributed by atoms with van der Waals surface area (Å²) in [6, 6.07) is 6.05. The highest BCUT2D eigenvalue weighted by atomic mass is 16.3. The van der Waals surface area contributed by atoms with Gasteiger partial charge < -0.3 is 10.2 Å². The Morgan fingerprint density at radius 1 is 1.06 bits per heavy atom. The van der Waals surface area contributed by atoms with E-state index in [0.29, 0.717) is 11.3 Å². The van der Waals surface area contributed by atoms with Crippen LogP contribution in [0.15, 0.2) is 24.4 Å². The number of para-hydroxylation sites is 1. The Kier molecular flexibility index (Phi) is 3.16. The summed E-state index contributed by atoms with van der Waals surface area (Å²) >= 11 is 0. The molecule has 0 aliphatic rings. The third-order valence-electron chi connectivity index (χ3n) is 3.26. The average molecular weight is 246 g/mol. The summed E-state index contributed by atoms with van der Waals surface area (Å²) in [6.07, 6.45) is 1.61. The molecule has 0 spiro atoms. The van der Waals surface area contributed by atoms with Gasteiger partial charge in [0.1, 0.15) is 0 Å². The van der Waals surface area contributed by atoms with Gasteiger partial charge in [-0.15, -0.1) is 0 Å². The van der Waals surface area contributed by atoms with Crippen molar-refractivity contribution in [1.29, 1.82) is 0 Å². The van der Waals surface area contributed by atoms with Gasteiger partial charge in [-0.3, -0.25) is 0 Å². The van der Waals surface area contributed by atoms with E-state index in [9.17, 15) is 10.2 Å². The maximum absolute atomic E-state index is 10.0. The van der Waals surface area contributed by atoms with Crippen LogP contribution < -0.4 is 4.57 Å². The van der Waals surface area contributed by atoms with Crippen molar-refractivity contribution >= 4 is 10.9 Å². The fourth-order valence-corrected chi connectivity index (χ4v) is 2.31. The average Bonchev–Trinajstić information content (AvgIpc) is 2.32. The van der Waals surface area contributed by atoms with Gasteiger partial charge in [-0.25, -0.2) is 0 Å². The molecule has 1 aromatic carbocycles. The number of aromatic hydroxyl groups is 2. The van der Waals surface area contributed by atoms with Crippen molar-refractivity contribution in [2.75, 3.05) is 0 Å². The summed E-state index contributed by atoms with van der Waals surface area (Å²) in [4.78, 5) is 0. The first-order chi connectivity index (χ1) is 8.43. The van der Waals surface area contributed by atoms with Crippen LogP contribution in [0.5, 0.6) is 11.5 Å². The van der Waals surface area contributed by atoms with Crippen molar-refractivity contribution in [3.8, 4) is 11.5 Å². The lowest BCUT2D eigenvalue weighted by Crippen LogP contribution is -2.37. The monoisotopic (exact) mass is 246 g/mol. The molecular formula is C15H20NO2+. The van der Waals surface area contributed by atoms with E-state index in [1.807, 2.05) is 16.7 Å². The topological polar surface area (TPSA) is 44.3 Å². The third-order valence-corrected chi connectivity index (χ3v) is 3.26. The van der Waals surface area contributed by atoms with E-state index in [2.05, 4.69) is 33.8 Å². The van der Waals surface area contributed by atoms with E-state index in [0.717, 1.165) is 5.52 Å². The largest absolute Gasteiger partial charge is 0.504 e. The maximum Gasteiger partial charge on any atom is 0.223 e. The summed E-state index contributed by atoms with van der Waals surface area (Å²) in [5, 5.41) is 20.5. The Hall–Kier alpha value is -1.77. The summed E-state index contributed by atoms with van der Waals surface area (Å²) in [6.45, 7) is 8.38. The fourth-order valence-electron chi connectivity index (χ4n) is 2.31. The number of pyridine rings is 1. The molecule has 0 atom stereocenters. The predicted octanol–water partition coefficient (Wildman–Crippen LogP) is 3.24. The van der Waals surface area contributed by atoms with Crippen LogP contribution >= 0.6 is 0 Å². The van der Waals surface area contributed by atoms with E-state index >= 15 is 0 Å². The van der Waals surface area contributed by atoms with Crippen molar-refractivity contribution in [1.82, 2.24) is 0 Å². The van der Waals surface area contributed by atoms with Crippen molar-refractivity contribution in [2.24, 2.45) is 0 Å². The Bertz CT molecular complexity index is 589. The van der Waals surface area contributed by atoms with Gasteiger partial charge in [-0.2, -0.15) is 4.57 Å². The van der Waals surface area contributed by atoms with Crippen LogP contribution in [0.2, 0.25) is 0 Å². The van der Waals surface area contributed by atoms with E-state index in [4.69, 9.17) is 0 Å². The molecule has 1 aromatic heterocycles. The predicted molar refractivity (Wildman–Crippen MR) is 71.9 cm³/mol. The molecule has 0 fully saturated rings. The second-order valence-electron chi connectivity index (χ2n) is 5.26. The summed E-state index contributed by atoms with van der Waals surface area (Å²) in [5.41, 5.74) is 2.18. The molecule has 3 nitrogen and oxygen atoms in total. The SMILES string of the molecule is CC(C)c1cccc2c(O)c(O)c[n+](C(C)C)c12. The molecular weight excluding hydrogens is 226 g/mol. The van der Waals surface area contributed by atoms with E-state index in [1.54, 1.807) is 6.20 Å². The van der Waals surface area contributed by atoms with Crippen LogP contribution in [0.4, 0.5) is 0 Å². The third kappa shape index (κ3) is 1.90. The molecule has 2 rings (SSSR count). The lowest BCUT2D eigenvalue weighted by Gasteiger charge is -2.12. The molecule has 0 amide bonds. The molecule has 0 bridgehead atoms. The van der Waals surface area contributed by atoms with Gasteiger partial charge in [0.25, 0.3) is 0 Å². The number of hydrogen-bond donors (Lipinski definition) is 2. The molecule has 0 saturated heterocycles. The molecule has 2 N–H and O–H groups in total. The van der Waals surface area contributed by atoms with Gasteiger partial charge in [0.15, 0.2) is 11.8 Å². The van der Waals surface area contributed by atoms with Crippen LogP contribution in [-0.4, -0.2) is 10.2 Å². The molecule has 2 aromatic rings. The fraction of sp³-hybridized carbons (Fsp3) is 0.400. The van der Waals surface area contributed by atoms with Gasteiger partial charge in [-0.1, -0.05) is 26.0 Å². The highest BCUT2D eigenvalue weighted by molar-refractivity contribution is 5.87. The van der Waals surface area contributed by atoms with Crippen molar-refractivity contribution in [3.05, 3.63) is 30.0 Å². The van der Waals surface area contributed by atoms with Crippen LogP contribution in [0.1, 0.15) is 45.2 Å². The van der Waals surface area contributed by atoms with E-state index < -0.39 is 0 Å². The number of nitrogens with zero attached hydrogens (tertiary/aromatic N) is 1. The summed E-state index contributed by atoms with van der Waals surface area (Å²) < 4.78 is 2.01. The Morgan fingerprint density at radius 3 is 2.28 bits per heavy atom. The normalized spacial score (nSPS) is 11.7. The van der Waals surface area contributed by atoms with Crippen molar-refractivity contribution in [3.63, 3.8) is 0 Å².